The highest BCUT2D eigenvalue weighted by atomic mass is 35.5. The number of amides is 1. The maximum atomic E-state index is 12.6. The molecule has 0 atom stereocenters. The van der Waals surface area contributed by atoms with Crippen LogP contribution in [0.25, 0.3) is 11.3 Å². The second kappa shape index (κ2) is 9.74. The summed E-state index contributed by atoms with van der Waals surface area (Å²) in [6, 6.07) is 16.4. The van der Waals surface area contributed by atoms with Crippen molar-refractivity contribution in [2.75, 3.05) is 18.4 Å². The fraction of sp³-hybridized carbons (Fsp3) is 0.261. The van der Waals surface area contributed by atoms with Gasteiger partial charge in [0.05, 0.1) is 0 Å². The van der Waals surface area contributed by atoms with Crippen molar-refractivity contribution >= 4 is 29.2 Å². The van der Waals surface area contributed by atoms with Crippen LogP contribution in [0.5, 0.6) is 5.75 Å². The Hall–Kier alpha value is -3.52. The number of anilines is 1. The van der Waals surface area contributed by atoms with E-state index in [1.165, 1.54) is 0 Å². The molecule has 4 N–H and O–H groups in total. The summed E-state index contributed by atoms with van der Waals surface area (Å²) in [7, 11) is 0. The first-order chi connectivity index (χ1) is 15.5. The van der Waals surface area contributed by atoms with E-state index in [0.717, 1.165) is 5.56 Å². The second-order valence-electron chi connectivity index (χ2n) is 7.65. The van der Waals surface area contributed by atoms with Gasteiger partial charge in [0.15, 0.2) is 11.7 Å². The molecule has 4 rings (SSSR count). The average molecular weight is 454 g/mol. The molecule has 0 unspecified atom stereocenters. The number of nitrogens with zero attached hydrogens (tertiary/aromatic N) is 2. The molecule has 2 aromatic carbocycles. The van der Waals surface area contributed by atoms with Crippen LogP contribution in [0.2, 0.25) is 5.02 Å². The number of hydrogen-bond acceptors (Lipinski definition) is 5. The lowest BCUT2D eigenvalue weighted by Gasteiger charge is -2.31. The third-order valence-corrected chi connectivity index (χ3v) is 5.60. The highest BCUT2D eigenvalue weighted by Crippen LogP contribution is 2.25. The smallest absolute Gasteiger partial charge is 0.227 e. The molecule has 3 aromatic rings. The summed E-state index contributed by atoms with van der Waals surface area (Å²) in [5.41, 5.74) is 7.67. The Morgan fingerprint density at radius 3 is 2.75 bits per heavy atom. The van der Waals surface area contributed by atoms with E-state index < -0.39 is 0 Å². The monoisotopic (exact) mass is 453 g/mol. The maximum Gasteiger partial charge on any atom is 0.227 e. The number of carbonyl (C=O) groups excluding carboxylic acids is 1. The first-order valence-corrected chi connectivity index (χ1v) is 10.7. The first-order valence-electron chi connectivity index (χ1n) is 10.3. The third-order valence-electron chi connectivity index (χ3n) is 5.36. The number of likely N-dealkylation sites (tertiary alicyclic amines) is 1. The molecule has 1 aliphatic heterocycles. The molecule has 32 heavy (non-hydrogen) atoms. The molecule has 166 valence electrons. The molecule has 1 aromatic heterocycles. The summed E-state index contributed by atoms with van der Waals surface area (Å²) >= 11 is 6.03. The van der Waals surface area contributed by atoms with Gasteiger partial charge >= 0.3 is 0 Å². The Balaban J connectivity index is 1.32. The van der Waals surface area contributed by atoms with Gasteiger partial charge in [-0.1, -0.05) is 35.0 Å². The quantitative estimate of drug-likeness (QED) is 0.381. The summed E-state index contributed by atoms with van der Waals surface area (Å²) in [6.07, 6.45) is 1.34. The van der Waals surface area contributed by atoms with Gasteiger partial charge in [-0.25, -0.2) is 0 Å². The summed E-state index contributed by atoms with van der Waals surface area (Å²) in [6.45, 7) is 1.46. The van der Waals surface area contributed by atoms with E-state index >= 15 is 0 Å². The molecule has 9 heteroatoms. The SMILES string of the molecule is N=C(N)N1CCC(C(=O)Nc2cccc(OCc3cc(-c4cccc(Cl)c4)on3)c2)CC1. The Kier molecular flexibility index (Phi) is 6.61. The van der Waals surface area contributed by atoms with Crippen LogP contribution in [-0.2, 0) is 11.4 Å². The van der Waals surface area contributed by atoms with E-state index in [2.05, 4.69) is 10.5 Å². The van der Waals surface area contributed by atoms with Gasteiger partial charge in [0, 0.05) is 47.4 Å². The molecule has 0 spiro atoms. The van der Waals surface area contributed by atoms with Crippen LogP contribution in [0.3, 0.4) is 0 Å². The largest absolute Gasteiger partial charge is 0.487 e. The maximum absolute atomic E-state index is 12.6. The Morgan fingerprint density at radius 1 is 1.22 bits per heavy atom. The normalized spacial score (nSPS) is 14.2. The third kappa shape index (κ3) is 5.39. The zero-order chi connectivity index (χ0) is 22.5. The number of guanidine groups is 1. The molecule has 0 aliphatic carbocycles. The number of rotatable bonds is 6. The predicted molar refractivity (Wildman–Crippen MR) is 123 cm³/mol. The summed E-state index contributed by atoms with van der Waals surface area (Å²) in [5.74, 6) is 1.15. The standard InChI is InChI=1S/C23H24ClN5O3/c24-17-4-1-3-16(11-17)21-13-19(28-32-21)14-31-20-6-2-5-18(12-20)27-22(30)15-7-9-29(10-8-15)23(25)26/h1-6,11-13,15H,7-10,14H2,(H3,25,26)(H,27,30). The van der Waals surface area contributed by atoms with Crippen LogP contribution >= 0.6 is 11.6 Å². The van der Waals surface area contributed by atoms with Crippen molar-refractivity contribution in [3.63, 3.8) is 0 Å². The molecule has 0 bridgehead atoms. The Morgan fingerprint density at radius 2 is 2.00 bits per heavy atom. The minimum absolute atomic E-state index is 0.0342. The van der Waals surface area contributed by atoms with Crippen molar-refractivity contribution in [2.24, 2.45) is 11.7 Å². The van der Waals surface area contributed by atoms with Gasteiger partial charge in [0.1, 0.15) is 18.1 Å². The lowest BCUT2D eigenvalue weighted by atomic mass is 9.96. The minimum Gasteiger partial charge on any atom is -0.487 e. The molecule has 1 aliphatic rings. The fourth-order valence-corrected chi connectivity index (χ4v) is 3.80. The van der Waals surface area contributed by atoms with E-state index in [-0.39, 0.29) is 24.4 Å². The van der Waals surface area contributed by atoms with Crippen molar-refractivity contribution < 1.29 is 14.1 Å². The van der Waals surface area contributed by atoms with Crippen molar-refractivity contribution in [2.45, 2.75) is 19.4 Å². The van der Waals surface area contributed by atoms with E-state index in [1.807, 2.05) is 42.5 Å². The Bertz CT molecular complexity index is 1110. The molecule has 8 nitrogen and oxygen atoms in total. The van der Waals surface area contributed by atoms with Crippen LogP contribution in [0.15, 0.2) is 59.1 Å². The zero-order valence-corrected chi connectivity index (χ0v) is 18.1. The molecular formula is C23H24ClN5O3. The van der Waals surface area contributed by atoms with Gasteiger partial charge in [0.25, 0.3) is 0 Å². The summed E-state index contributed by atoms with van der Waals surface area (Å²) < 4.78 is 11.2. The molecule has 0 saturated carbocycles. The molecule has 1 amide bonds. The van der Waals surface area contributed by atoms with Gasteiger partial charge in [-0.3, -0.25) is 10.2 Å². The number of carbonyl (C=O) groups is 1. The van der Waals surface area contributed by atoms with E-state index in [0.29, 0.717) is 53.8 Å². The molecule has 0 radical (unpaired) electrons. The number of hydrogen-bond donors (Lipinski definition) is 3. The zero-order valence-electron chi connectivity index (χ0n) is 17.4. The molecule has 1 saturated heterocycles. The number of piperidine rings is 1. The minimum atomic E-state index is -0.102. The van der Waals surface area contributed by atoms with Crippen LogP contribution in [0.4, 0.5) is 5.69 Å². The average Bonchev–Trinajstić information content (AvgIpc) is 3.27. The predicted octanol–water partition coefficient (Wildman–Crippen LogP) is 4.12. The van der Waals surface area contributed by atoms with Gasteiger partial charge < -0.3 is 25.2 Å². The van der Waals surface area contributed by atoms with Crippen LogP contribution in [0.1, 0.15) is 18.5 Å². The van der Waals surface area contributed by atoms with Crippen LogP contribution in [-0.4, -0.2) is 35.0 Å². The number of nitrogens with one attached hydrogen (secondary N) is 2. The summed E-state index contributed by atoms with van der Waals surface area (Å²) in [5, 5.41) is 15.1. The summed E-state index contributed by atoms with van der Waals surface area (Å²) in [4.78, 5) is 14.4. The molecular weight excluding hydrogens is 430 g/mol. The molecule has 2 heterocycles. The van der Waals surface area contributed by atoms with Gasteiger partial charge in [-0.05, 0) is 37.1 Å². The van der Waals surface area contributed by atoms with Crippen molar-refractivity contribution in [3.8, 4) is 17.1 Å². The van der Waals surface area contributed by atoms with Gasteiger partial charge in [-0.15, -0.1) is 0 Å². The number of aromatic nitrogens is 1. The van der Waals surface area contributed by atoms with Gasteiger partial charge in [-0.2, -0.15) is 0 Å². The molecule has 1 fully saturated rings. The second-order valence-corrected chi connectivity index (χ2v) is 8.08. The van der Waals surface area contributed by atoms with E-state index in [4.69, 9.17) is 32.0 Å². The number of halogens is 1. The highest BCUT2D eigenvalue weighted by Gasteiger charge is 2.25. The lowest BCUT2D eigenvalue weighted by molar-refractivity contribution is -0.121. The van der Waals surface area contributed by atoms with E-state index in [9.17, 15) is 4.79 Å². The number of ether oxygens (including phenoxy) is 1. The van der Waals surface area contributed by atoms with Crippen molar-refractivity contribution in [1.82, 2.24) is 10.1 Å². The van der Waals surface area contributed by atoms with Gasteiger partial charge in [0.2, 0.25) is 5.91 Å². The van der Waals surface area contributed by atoms with Crippen LogP contribution in [0, 0.1) is 11.3 Å². The topological polar surface area (TPSA) is 117 Å². The fourth-order valence-electron chi connectivity index (χ4n) is 3.61. The first kappa shape index (κ1) is 21.7. The number of nitrogens with two attached hydrogens (primary N) is 1. The van der Waals surface area contributed by atoms with Crippen molar-refractivity contribution in [3.05, 3.63) is 65.3 Å². The Labute approximate surface area is 190 Å². The lowest BCUT2D eigenvalue weighted by Crippen LogP contribution is -2.44. The van der Waals surface area contributed by atoms with Crippen LogP contribution < -0.4 is 15.8 Å². The van der Waals surface area contributed by atoms with E-state index in [1.54, 1.807) is 17.0 Å². The number of benzene rings is 2. The highest BCUT2D eigenvalue weighted by molar-refractivity contribution is 6.30. The van der Waals surface area contributed by atoms with Crippen molar-refractivity contribution in [1.29, 1.82) is 5.41 Å².